The van der Waals surface area contributed by atoms with Crippen molar-refractivity contribution >= 4 is 33.0 Å². The maximum absolute atomic E-state index is 5.61. The highest BCUT2D eigenvalue weighted by Crippen LogP contribution is 2.25. The Kier molecular flexibility index (Phi) is 2.84. The van der Waals surface area contributed by atoms with Gasteiger partial charge in [0.15, 0.2) is 0 Å². The SMILES string of the molecule is Nc1ccc(-c2nc(CBr)cs2)cc1. The van der Waals surface area contributed by atoms with Crippen LogP contribution in [0.15, 0.2) is 29.6 Å². The average molecular weight is 269 g/mol. The second-order valence-electron chi connectivity index (χ2n) is 2.90. The number of nitrogens with zero attached hydrogens (tertiary/aromatic N) is 1. The molecule has 2 aromatic rings. The summed E-state index contributed by atoms with van der Waals surface area (Å²) in [4.78, 5) is 4.46. The monoisotopic (exact) mass is 268 g/mol. The van der Waals surface area contributed by atoms with E-state index in [1.54, 1.807) is 11.3 Å². The Morgan fingerprint density at radius 2 is 2.00 bits per heavy atom. The van der Waals surface area contributed by atoms with E-state index in [0.717, 1.165) is 27.3 Å². The fourth-order valence-corrected chi connectivity index (χ4v) is 2.45. The van der Waals surface area contributed by atoms with E-state index in [4.69, 9.17) is 5.73 Å². The molecular formula is C10H9BrN2S. The third kappa shape index (κ3) is 1.96. The first-order chi connectivity index (χ1) is 6.79. The zero-order valence-corrected chi connectivity index (χ0v) is 9.81. The molecule has 0 aliphatic rings. The van der Waals surface area contributed by atoms with Gasteiger partial charge >= 0.3 is 0 Å². The highest BCUT2D eigenvalue weighted by atomic mass is 79.9. The molecule has 2 nitrogen and oxygen atoms in total. The van der Waals surface area contributed by atoms with E-state index in [0.29, 0.717) is 0 Å². The summed E-state index contributed by atoms with van der Waals surface area (Å²) in [7, 11) is 0. The molecule has 2 rings (SSSR count). The maximum atomic E-state index is 5.61. The molecule has 0 amide bonds. The van der Waals surface area contributed by atoms with Gasteiger partial charge in [-0.2, -0.15) is 0 Å². The first-order valence-electron chi connectivity index (χ1n) is 4.16. The molecule has 72 valence electrons. The van der Waals surface area contributed by atoms with Gasteiger partial charge < -0.3 is 5.73 Å². The van der Waals surface area contributed by atoms with Gasteiger partial charge in [0.05, 0.1) is 5.69 Å². The van der Waals surface area contributed by atoms with Crippen LogP contribution in [0.3, 0.4) is 0 Å². The molecule has 0 radical (unpaired) electrons. The number of alkyl halides is 1. The first-order valence-corrected chi connectivity index (χ1v) is 6.16. The molecule has 4 heteroatoms. The number of hydrogen-bond donors (Lipinski definition) is 1. The number of thiazole rings is 1. The molecule has 0 unspecified atom stereocenters. The Balaban J connectivity index is 2.34. The molecule has 0 fully saturated rings. The Morgan fingerprint density at radius 1 is 1.29 bits per heavy atom. The third-order valence-electron chi connectivity index (χ3n) is 1.85. The topological polar surface area (TPSA) is 38.9 Å². The smallest absolute Gasteiger partial charge is 0.123 e. The summed E-state index contributed by atoms with van der Waals surface area (Å²) in [5.74, 6) is 0. The van der Waals surface area contributed by atoms with Crippen molar-refractivity contribution in [2.75, 3.05) is 5.73 Å². The summed E-state index contributed by atoms with van der Waals surface area (Å²) in [5, 5.41) is 3.90. The lowest BCUT2D eigenvalue weighted by atomic mass is 10.2. The molecule has 14 heavy (non-hydrogen) atoms. The van der Waals surface area contributed by atoms with Crippen LogP contribution in [0.2, 0.25) is 0 Å². The Hall–Kier alpha value is -0.870. The van der Waals surface area contributed by atoms with Crippen molar-refractivity contribution in [1.29, 1.82) is 0 Å². The van der Waals surface area contributed by atoms with Crippen LogP contribution in [0.4, 0.5) is 5.69 Å². The normalized spacial score (nSPS) is 10.4. The molecule has 2 N–H and O–H groups in total. The number of nitrogens with two attached hydrogens (primary N) is 1. The van der Waals surface area contributed by atoms with Crippen LogP contribution < -0.4 is 5.73 Å². The van der Waals surface area contributed by atoms with Crippen molar-refractivity contribution in [2.24, 2.45) is 0 Å². The molecule has 0 atom stereocenters. The van der Waals surface area contributed by atoms with E-state index in [-0.39, 0.29) is 0 Å². The predicted molar refractivity (Wildman–Crippen MR) is 64.6 cm³/mol. The van der Waals surface area contributed by atoms with Crippen LogP contribution >= 0.6 is 27.3 Å². The van der Waals surface area contributed by atoms with E-state index in [1.165, 1.54) is 0 Å². The van der Waals surface area contributed by atoms with Gasteiger partial charge in [-0.1, -0.05) is 15.9 Å². The van der Waals surface area contributed by atoms with Gasteiger partial charge in [-0.15, -0.1) is 11.3 Å². The summed E-state index contributed by atoms with van der Waals surface area (Å²) in [6, 6.07) is 7.77. The number of aromatic nitrogens is 1. The van der Waals surface area contributed by atoms with E-state index in [9.17, 15) is 0 Å². The molecule has 0 aliphatic carbocycles. The highest BCUT2D eigenvalue weighted by Gasteiger charge is 2.02. The molecule has 0 aliphatic heterocycles. The molecule has 0 spiro atoms. The fraction of sp³-hybridized carbons (Fsp3) is 0.100. The van der Waals surface area contributed by atoms with Crippen molar-refractivity contribution in [3.63, 3.8) is 0 Å². The van der Waals surface area contributed by atoms with Crippen LogP contribution in [-0.2, 0) is 5.33 Å². The first kappa shape index (κ1) is 9.68. The van der Waals surface area contributed by atoms with Gasteiger partial charge in [-0.25, -0.2) is 4.98 Å². The number of rotatable bonds is 2. The Bertz CT molecular complexity index is 422. The highest BCUT2D eigenvalue weighted by molar-refractivity contribution is 9.08. The second-order valence-corrected chi connectivity index (χ2v) is 4.32. The second kappa shape index (κ2) is 4.11. The maximum Gasteiger partial charge on any atom is 0.123 e. The number of benzene rings is 1. The lowest BCUT2D eigenvalue weighted by Crippen LogP contribution is -1.83. The minimum absolute atomic E-state index is 0.783. The lowest BCUT2D eigenvalue weighted by molar-refractivity contribution is 1.25. The zero-order valence-electron chi connectivity index (χ0n) is 7.40. The van der Waals surface area contributed by atoms with Crippen molar-refractivity contribution in [2.45, 2.75) is 5.33 Å². The van der Waals surface area contributed by atoms with Gasteiger partial charge in [0, 0.05) is 22.0 Å². The van der Waals surface area contributed by atoms with Crippen molar-refractivity contribution < 1.29 is 0 Å². The van der Waals surface area contributed by atoms with E-state index >= 15 is 0 Å². The van der Waals surface area contributed by atoms with Crippen LogP contribution in [0.1, 0.15) is 5.69 Å². The number of hydrogen-bond acceptors (Lipinski definition) is 3. The van der Waals surface area contributed by atoms with Crippen LogP contribution in [0.25, 0.3) is 10.6 Å². The Morgan fingerprint density at radius 3 is 2.57 bits per heavy atom. The molecule has 0 saturated carbocycles. The number of anilines is 1. The molecule has 0 saturated heterocycles. The summed E-state index contributed by atoms with van der Waals surface area (Å²) < 4.78 is 0. The molecule has 1 heterocycles. The van der Waals surface area contributed by atoms with Gasteiger partial charge in [0.25, 0.3) is 0 Å². The zero-order chi connectivity index (χ0) is 9.97. The summed E-state index contributed by atoms with van der Waals surface area (Å²) in [6.07, 6.45) is 0. The van der Waals surface area contributed by atoms with E-state index in [2.05, 4.69) is 26.3 Å². The molecular weight excluding hydrogens is 260 g/mol. The van der Waals surface area contributed by atoms with E-state index < -0.39 is 0 Å². The summed E-state index contributed by atoms with van der Waals surface area (Å²) in [6.45, 7) is 0. The average Bonchev–Trinajstić information content (AvgIpc) is 2.67. The van der Waals surface area contributed by atoms with Gasteiger partial charge in [-0.05, 0) is 24.3 Å². The van der Waals surface area contributed by atoms with Crippen LogP contribution in [0.5, 0.6) is 0 Å². The van der Waals surface area contributed by atoms with Crippen LogP contribution in [-0.4, -0.2) is 4.98 Å². The van der Waals surface area contributed by atoms with Gasteiger partial charge in [-0.3, -0.25) is 0 Å². The van der Waals surface area contributed by atoms with Gasteiger partial charge in [0.2, 0.25) is 0 Å². The third-order valence-corrected chi connectivity index (χ3v) is 3.36. The van der Waals surface area contributed by atoms with Gasteiger partial charge in [0.1, 0.15) is 5.01 Å². The van der Waals surface area contributed by atoms with Crippen molar-refractivity contribution in [1.82, 2.24) is 4.98 Å². The van der Waals surface area contributed by atoms with E-state index in [1.807, 2.05) is 24.3 Å². The number of nitrogen functional groups attached to an aromatic ring is 1. The lowest BCUT2D eigenvalue weighted by Gasteiger charge is -1.96. The largest absolute Gasteiger partial charge is 0.399 e. The van der Waals surface area contributed by atoms with Crippen molar-refractivity contribution in [3.05, 3.63) is 35.3 Å². The number of halogens is 1. The Labute approximate surface area is 94.9 Å². The fourth-order valence-electron chi connectivity index (χ4n) is 1.13. The standard InChI is InChI=1S/C10H9BrN2S/c11-5-9-6-14-10(13-9)7-1-3-8(12)4-2-7/h1-4,6H,5,12H2. The molecule has 0 bridgehead atoms. The molecule has 1 aromatic carbocycles. The van der Waals surface area contributed by atoms with Crippen molar-refractivity contribution in [3.8, 4) is 10.6 Å². The minimum Gasteiger partial charge on any atom is -0.399 e. The summed E-state index contributed by atoms with van der Waals surface area (Å²) in [5.41, 5.74) is 8.59. The summed E-state index contributed by atoms with van der Waals surface area (Å²) >= 11 is 5.03. The quantitative estimate of drug-likeness (QED) is 0.671. The van der Waals surface area contributed by atoms with Crippen LogP contribution in [0, 0.1) is 0 Å². The minimum atomic E-state index is 0.783. The predicted octanol–water partition coefficient (Wildman–Crippen LogP) is 3.29. The molecule has 1 aromatic heterocycles.